The van der Waals surface area contributed by atoms with Crippen LogP contribution in [0.4, 0.5) is 0 Å². The van der Waals surface area contributed by atoms with Crippen molar-refractivity contribution in [2.75, 3.05) is 0 Å². The van der Waals surface area contributed by atoms with E-state index in [2.05, 4.69) is 12.1 Å². The lowest BCUT2D eigenvalue weighted by Gasteiger charge is -2.19. The van der Waals surface area contributed by atoms with Crippen LogP contribution in [0.2, 0.25) is 0 Å². The van der Waals surface area contributed by atoms with E-state index in [-0.39, 0.29) is 17.5 Å². The van der Waals surface area contributed by atoms with Crippen molar-refractivity contribution in [3.8, 4) is 0 Å². The van der Waals surface area contributed by atoms with Crippen molar-refractivity contribution in [3.05, 3.63) is 35.9 Å². The van der Waals surface area contributed by atoms with Gasteiger partial charge in [-0.2, -0.15) is 0 Å². The third-order valence-electron chi connectivity index (χ3n) is 2.73. The van der Waals surface area contributed by atoms with E-state index in [0.29, 0.717) is 5.92 Å². The fourth-order valence-corrected chi connectivity index (χ4v) is 1.90. The van der Waals surface area contributed by atoms with Crippen LogP contribution in [0.25, 0.3) is 0 Å². The molecule has 0 unspecified atom stereocenters. The minimum absolute atomic E-state index is 0.0543. The summed E-state index contributed by atoms with van der Waals surface area (Å²) in [5.74, 6) is 0.388. The summed E-state index contributed by atoms with van der Waals surface area (Å²) in [5.41, 5.74) is 0.874. The number of benzene rings is 1. The van der Waals surface area contributed by atoms with Crippen molar-refractivity contribution in [3.63, 3.8) is 0 Å². The molecule has 0 aliphatic heterocycles. The molecule has 0 saturated heterocycles. The number of carbonyl (C=O) groups excluding carboxylic acids is 1. The normalized spacial score (nSPS) is 23.9. The van der Waals surface area contributed by atoms with E-state index in [1.54, 1.807) is 0 Å². The lowest BCUT2D eigenvalue weighted by Crippen LogP contribution is -2.25. The molecule has 1 aromatic rings. The SMILES string of the molecule is CC(C)(C)OC(=O)[C@@H]1C[C@@H]1c1ccccc1. The van der Waals surface area contributed by atoms with Crippen molar-refractivity contribution < 1.29 is 9.53 Å². The van der Waals surface area contributed by atoms with Crippen LogP contribution in [0.1, 0.15) is 38.7 Å². The minimum Gasteiger partial charge on any atom is -0.460 e. The van der Waals surface area contributed by atoms with Gasteiger partial charge >= 0.3 is 5.97 Å². The van der Waals surface area contributed by atoms with Crippen molar-refractivity contribution in [1.29, 1.82) is 0 Å². The molecular weight excluding hydrogens is 200 g/mol. The highest BCUT2D eigenvalue weighted by Crippen LogP contribution is 2.48. The lowest BCUT2D eigenvalue weighted by atomic mass is 10.1. The van der Waals surface area contributed by atoms with E-state index in [0.717, 1.165) is 6.42 Å². The van der Waals surface area contributed by atoms with E-state index >= 15 is 0 Å². The number of ether oxygens (including phenoxy) is 1. The molecule has 0 N–H and O–H groups in total. The summed E-state index contributed by atoms with van der Waals surface area (Å²) in [5, 5.41) is 0. The zero-order valence-electron chi connectivity index (χ0n) is 10.1. The molecule has 0 spiro atoms. The molecule has 0 aromatic heterocycles. The van der Waals surface area contributed by atoms with Crippen LogP contribution in [0.3, 0.4) is 0 Å². The molecule has 2 rings (SSSR count). The topological polar surface area (TPSA) is 26.3 Å². The van der Waals surface area contributed by atoms with Gasteiger partial charge in [0.15, 0.2) is 0 Å². The first kappa shape index (κ1) is 11.2. The van der Waals surface area contributed by atoms with E-state index in [4.69, 9.17) is 4.74 Å². The van der Waals surface area contributed by atoms with Gasteiger partial charge < -0.3 is 4.74 Å². The van der Waals surface area contributed by atoms with Crippen LogP contribution in [0, 0.1) is 5.92 Å². The second-order valence-electron chi connectivity index (χ2n) is 5.39. The maximum Gasteiger partial charge on any atom is 0.310 e. The number of rotatable bonds is 2. The maximum atomic E-state index is 11.8. The molecule has 1 fully saturated rings. The van der Waals surface area contributed by atoms with Crippen molar-refractivity contribution >= 4 is 5.97 Å². The summed E-state index contributed by atoms with van der Waals surface area (Å²) in [6.07, 6.45) is 0.929. The molecule has 16 heavy (non-hydrogen) atoms. The molecule has 0 bridgehead atoms. The van der Waals surface area contributed by atoms with Gasteiger partial charge in [0.1, 0.15) is 5.60 Å². The molecule has 1 aromatic carbocycles. The smallest absolute Gasteiger partial charge is 0.310 e. The first-order valence-corrected chi connectivity index (χ1v) is 5.75. The monoisotopic (exact) mass is 218 g/mol. The Labute approximate surface area is 96.6 Å². The van der Waals surface area contributed by atoms with Crippen LogP contribution >= 0.6 is 0 Å². The van der Waals surface area contributed by atoms with E-state index in [1.807, 2.05) is 39.0 Å². The molecule has 1 saturated carbocycles. The van der Waals surface area contributed by atoms with Gasteiger partial charge in [0.25, 0.3) is 0 Å². The second-order valence-corrected chi connectivity index (χ2v) is 5.39. The molecule has 2 heteroatoms. The zero-order valence-corrected chi connectivity index (χ0v) is 10.1. The van der Waals surface area contributed by atoms with Crippen LogP contribution in [-0.2, 0) is 9.53 Å². The van der Waals surface area contributed by atoms with Gasteiger partial charge in [-0.25, -0.2) is 0 Å². The highest BCUT2D eigenvalue weighted by atomic mass is 16.6. The summed E-state index contributed by atoms with van der Waals surface area (Å²) in [6, 6.07) is 10.2. The largest absolute Gasteiger partial charge is 0.460 e. The standard InChI is InChI=1S/C14H18O2/c1-14(2,3)16-13(15)12-9-11(12)10-7-5-4-6-8-10/h4-8,11-12H,9H2,1-3H3/t11-,12-/m1/s1. The maximum absolute atomic E-state index is 11.8. The number of esters is 1. The Balaban J connectivity index is 1.95. The van der Waals surface area contributed by atoms with Gasteiger partial charge in [0, 0.05) is 0 Å². The van der Waals surface area contributed by atoms with Crippen molar-refractivity contribution in [2.45, 2.75) is 38.7 Å². The quantitative estimate of drug-likeness (QED) is 0.713. The summed E-state index contributed by atoms with van der Waals surface area (Å²) in [4.78, 5) is 11.8. The summed E-state index contributed by atoms with van der Waals surface area (Å²) < 4.78 is 5.37. The van der Waals surface area contributed by atoms with E-state index in [1.165, 1.54) is 5.56 Å². The Kier molecular flexibility index (Phi) is 2.75. The number of carbonyl (C=O) groups is 1. The average molecular weight is 218 g/mol. The van der Waals surface area contributed by atoms with Crippen LogP contribution in [0.5, 0.6) is 0 Å². The second kappa shape index (κ2) is 3.93. The molecule has 1 aliphatic carbocycles. The molecular formula is C14H18O2. The van der Waals surface area contributed by atoms with Crippen LogP contribution in [0.15, 0.2) is 30.3 Å². The Hall–Kier alpha value is -1.31. The van der Waals surface area contributed by atoms with Gasteiger partial charge in [-0.3, -0.25) is 4.79 Å². The minimum atomic E-state index is -0.374. The molecule has 86 valence electrons. The molecule has 0 radical (unpaired) electrons. The molecule has 0 heterocycles. The first-order valence-electron chi connectivity index (χ1n) is 5.75. The fraction of sp³-hybridized carbons (Fsp3) is 0.500. The van der Waals surface area contributed by atoms with Gasteiger partial charge in [-0.1, -0.05) is 30.3 Å². The number of hydrogen-bond acceptors (Lipinski definition) is 2. The fourth-order valence-electron chi connectivity index (χ4n) is 1.90. The highest BCUT2D eigenvalue weighted by molar-refractivity contribution is 5.77. The molecule has 1 aliphatic rings. The predicted octanol–water partition coefficient (Wildman–Crippen LogP) is 3.13. The molecule has 0 amide bonds. The van der Waals surface area contributed by atoms with E-state index in [9.17, 15) is 4.79 Å². The first-order chi connectivity index (χ1) is 7.47. The number of hydrogen-bond donors (Lipinski definition) is 0. The highest BCUT2D eigenvalue weighted by Gasteiger charge is 2.46. The molecule has 2 nitrogen and oxygen atoms in total. The van der Waals surface area contributed by atoms with Gasteiger partial charge in [0.05, 0.1) is 5.92 Å². The van der Waals surface area contributed by atoms with Gasteiger partial charge in [0.2, 0.25) is 0 Å². The Morgan fingerprint density at radius 1 is 1.25 bits per heavy atom. The Bertz CT molecular complexity index is 375. The van der Waals surface area contributed by atoms with E-state index < -0.39 is 0 Å². The van der Waals surface area contributed by atoms with Crippen LogP contribution in [-0.4, -0.2) is 11.6 Å². The molecule has 2 atom stereocenters. The Morgan fingerprint density at radius 3 is 2.44 bits per heavy atom. The van der Waals surface area contributed by atoms with Crippen molar-refractivity contribution in [1.82, 2.24) is 0 Å². The summed E-state index contributed by atoms with van der Waals surface area (Å²) >= 11 is 0. The van der Waals surface area contributed by atoms with Crippen LogP contribution < -0.4 is 0 Å². The average Bonchev–Trinajstić information content (AvgIpc) is 2.96. The summed E-state index contributed by atoms with van der Waals surface area (Å²) in [6.45, 7) is 5.72. The third-order valence-corrected chi connectivity index (χ3v) is 2.73. The predicted molar refractivity (Wildman–Crippen MR) is 63.1 cm³/mol. The van der Waals surface area contributed by atoms with Gasteiger partial charge in [-0.15, -0.1) is 0 Å². The lowest BCUT2D eigenvalue weighted by molar-refractivity contribution is -0.156. The van der Waals surface area contributed by atoms with Gasteiger partial charge in [-0.05, 0) is 38.7 Å². The van der Waals surface area contributed by atoms with Crippen molar-refractivity contribution in [2.24, 2.45) is 5.92 Å². The summed E-state index contributed by atoms with van der Waals surface area (Å²) in [7, 11) is 0. The Morgan fingerprint density at radius 2 is 1.88 bits per heavy atom. The zero-order chi connectivity index (χ0) is 11.8. The third kappa shape index (κ3) is 2.63.